The Morgan fingerprint density at radius 2 is 2.20 bits per heavy atom. The lowest BCUT2D eigenvalue weighted by Crippen LogP contribution is -2.15. The summed E-state index contributed by atoms with van der Waals surface area (Å²) in [5, 5.41) is 9.66. The minimum absolute atomic E-state index is 0.147. The van der Waals surface area contributed by atoms with Crippen LogP contribution in [0, 0.1) is 6.92 Å². The van der Waals surface area contributed by atoms with Crippen molar-refractivity contribution in [3.63, 3.8) is 0 Å². The first kappa shape index (κ1) is 14.3. The van der Waals surface area contributed by atoms with Crippen molar-refractivity contribution in [3.8, 4) is 0 Å². The number of carbonyl (C=O) groups is 1. The fourth-order valence-corrected chi connectivity index (χ4v) is 1.74. The molecule has 20 heavy (non-hydrogen) atoms. The Morgan fingerprint density at radius 1 is 1.40 bits per heavy atom. The molecule has 0 aliphatic rings. The molecule has 0 radical (unpaired) electrons. The van der Waals surface area contributed by atoms with Crippen LogP contribution < -0.4 is 10.6 Å². The van der Waals surface area contributed by atoms with E-state index in [1.807, 2.05) is 6.92 Å². The van der Waals surface area contributed by atoms with E-state index >= 15 is 0 Å². The fraction of sp³-hybridized carbons (Fsp3) is 0.308. The molecule has 0 bridgehead atoms. The third kappa shape index (κ3) is 3.48. The van der Waals surface area contributed by atoms with Crippen molar-refractivity contribution >= 4 is 29.1 Å². The first-order valence-electron chi connectivity index (χ1n) is 6.25. The molecular weight excluding hydrogens is 280 g/mol. The molecule has 2 rings (SSSR count). The highest BCUT2D eigenvalue weighted by atomic mass is 35.5. The summed E-state index contributed by atoms with van der Waals surface area (Å²) in [6.45, 7) is 4.56. The average molecular weight is 295 g/mol. The summed E-state index contributed by atoms with van der Waals surface area (Å²) in [5.41, 5.74) is 0.147. The summed E-state index contributed by atoms with van der Waals surface area (Å²) in [5.74, 6) is 1.12. The molecule has 0 spiro atoms. The topological polar surface area (TPSA) is 80.0 Å². The second-order valence-corrected chi connectivity index (χ2v) is 4.64. The van der Waals surface area contributed by atoms with Gasteiger partial charge in [0.2, 0.25) is 0 Å². The van der Waals surface area contributed by atoms with E-state index in [1.165, 1.54) is 0 Å². The van der Waals surface area contributed by atoms with Crippen molar-refractivity contribution < 1.29 is 9.32 Å². The van der Waals surface area contributed by atoms with Gasteiger partial charge >= 0.3 is 0 Å². The van der Waals surface area contributed by atoms with Gasteiger partial charge in [-0.25, -0.2) is 4.98 Å². The first-order chi connectivity index (χ1) is 9.60. The van der Waals surface area contributed by atoms with Gasteiger partial charge in [-0.05, 0) is 25.5 Å². The van der Waals surface area contributed by atoms with E-state index in [4.69, 9.17) is 16.1 Å². The number of pyridine rings is 1. The summed E-state index contributed by atoms with van der Waals surface area (Å²) in [6.07, 6.45) is 0.962. The molecule has 2 N–H and O–H groups in total. The Morgan fingerprint density at radius 3 is 2.85 bits per heavy atom. The number of hydrogen-bond acceptors (Lipinski definition) is 5. The number of halogens is 1. The fourth-order valence-electron chi connectivity index (χ4n) is 1.55. The predicted molar refractivity (Wildman–Crippen MR) is 77.2 cm³/mol. The van der Waals surface area contributed by atoms with Crippen molar-refractivity contribution in [2.75, 3.05) is 17.2 Å². The molecule has 0 atom stereocenters. The molecule has 2 aromatic heterocycles. The zero-order chi connectivity index (χ0) is 14.5. The molecule has 2 aromatic rings. The van der Waals surface area contributed by atoms with Gasteiger partial charge in [0.1, 0.15) is 17.3 Å². The molecule has 0 aromatic carbocycles. The van der Waals surface area contributed by atoms with Crippen molar-refractivity contribution in [2.45, 2.75) is 20.3 Å². The van der Waals surface area contributed by atoms with Crippen LogP contribution in [0.4, 0.5) is 11.6 Å². The maximum absolute atomic E-state index is 12.1. The predicted octanol–water partition coefficient (Wildman–Crippen LogP) is 3.11. The lowest BCUT2D eigenvalue weighted by molar-refractivity contribution is 0.102. The van der Waals surface area contributed by atoms with Gasteiger partial charge in [0.15, 0.2) is 5.82 Å². The van der Waals surface area contributed by atoms with E-state index in [0.717, 1.165) is 13.0 Å². The number of aromatic nitrogens is 2. The van der Waals surface area contributed by atoms with Crippen molar-refractivity contribution in [1.82, 2.24) is 10.1 Å². The zero-order valence-electron chi connectivity index (χ0n) is 11.2. The molecule has 7 heteroatoms. The van der Waals surface area contributed by atoms with Crippen LogP contribution in [-0.4, -0.2) is 22.6 Å². The van der Waals surface area contributed by atoms with Crippen LogP contribution >= 0.6 is 11.6 Å². The van der Waals surface area contributed by atoms with Gasteiger partial charge in [-0.1, -0.05) is 23.7 Å². The Bertz CT molecular complexity index is 612. The SMILES string of the molecule is CCCNc1ccc(Cl)c(C(=O)Nc2cc(C)on2)n1. The van der Waals surface area contributed by atoms with Gasteiger partial charge in [-0.2, -0.15) is 0 Å². The summed E-state index contributed by atoms with van der Waals surface area (Å²) < 4.78 is 4.88. The number of aryl methyl sites for hydroxylation is 1. The molecule has 1 amide bonds. The summed E-state index contributed by atoms with van der Waals surface area (Å²) in [7, 11) is 0. The van der Waals surface area contributed by atoms with Gasteiger partial charge in [-0.3, -0.25) is 4.79 Å². The monoisotopic (exact) mass is 294 g/mol. The number of carbonyl (C=O) groups excluding carboxylic acids is 1. The second kappa shape index (κ2) is 6.38. The molecule has 0 fully saturated rings. The molecular formula is C13H15ClN4O2. The second-order valence-electron chi connectivity index (χ2n) is 4.23. The minimum atomic E-state index is -0.427. The molecule has 0 aliphatic heterocycles. The number of amides is 1. The first-order valence-corrected chi connectivity index (χ1v) is 6.63. The van der Waals surface area contributed by atoms with Crippen LogP contribution in [0.2, 0.25) is 5.02 Å². The number of hydrogen-bond donors (Lipinski definition) is 2. The minimum Gasteiger partial charge on any atom is -0.370 e. The lowest BCUT2D eigenvalue weighted by Gasteiger charge is -2.07. The quantitative estimate of drug-likeness (QED) is 0.885. The summed E-state index contributed by atoms with van der Waals surface area (Å²) in [6, 6.07) is 4.98. The molecule has 106 valence electrons. The maximum Gasteiger partial charge on any atom is 0.277 e. The Kier molecular flexibility index (Phi) is 4.57. The molecule has 6 nitrogen and oxygen atoms in total. The van der Waals surface area contributed by atoms with Crippen LogP contribution in [-0.2, 0) is 0 Å². The zero-order valence-corrected chi connectivity index (χ0v) is 12.0. The van der Waals surface area contributed by atoms with E-state index in [-0.39, 0.29) is 10.7 Å². The highest BCUT2D eigenvalue weighted by molar-refractivity contribution is 6.34. The van der Waals surface area contributed by atoms with Gasteiger partial charge in [0.05, 0.1) is 5.02 Å². The van der Waals surface area contributed by atoms with Crippen LogP contribution in [0.5, 0.6) is 0 Å². The Hall–Kier alpha value is -2.08. The maximum atomic E-state index is 12.1. The molecule has 0 saturated heterocycles. The van der Waals surface area contributed by atoms with E-state index in [2.05, 4.69) is 20.8 Å². The highest BCUT2D eigenvalue weighted by Gasteiger charge is 2.15. The highest BCUT2D eigenvalue weighted by Crippen LogP contribution is 2.18. The third-order valence-corrected chi connectivity index (χ3v) is 2.79. The normalized spacial score (nSPS) is 10.3. The summed E-state index contributed by atoms with van der Waals surface area (Å²) >= 11 is 6.00. The van der Waals surface area contributed by atoms with Crippen LogP contribution in [0.1, 0.15) is 29.6 Å². The van der Waals surface area contributed by atoms with Crippen molar-refractivity contribution in [2.24, 2.45) is 0 Å². The van der Waals surface area contributed by atoms with Crippen molar-refractivity contribution in [3.05, 3.63) is 34.7 Å². The summed E-state index contributed by atoms with van der Waals surface area (Å²) in [4.78, 5) is 16.3. The van der Waals surface area contributed by atoms with Gasteiger partial charge < -0.3 is 15.2 Å². The molecule has 0 unspecified atom stereocenters. The van der Waals surface area contributed by atoms with Crippen LogP contribution in [0.3, 0.4) is 0 Å². The van der Waals surface area contributed by atoms with Gasteiger partial charge in [-0.15, -0.1) is 0 Å². The third-order valence-electron chi connectivity index (χ3n) is 2.49. The lowest BCUT2D eigenvalue weighted by atomic mass is 10.3. The molecule has 0 aliphatic carbocycles. The number of rotatable bonds is 5. The van der Waals surface area contributed by atoms with E-state index in [0.29, 0.717) is 17.4 Å². The van der Waals surface area contributed by atoms with Crippen LogP contribution in [0.25, 0.3) is 0 Å². The average Bonchev–Trinajstić information content (AvgIpc) is 2.83. The number of nitrogens with zero attached hydrogens (tertiary/aromatic N) is 2. The van der Waals surface area contributed by atoms with Crippen LogP contribution in [0.15, 0.2) is 22.7 Å². The van der Waals surface area contributed by atoms with Gasteiger partial charge in [0.25, 0.3) is 5.91 Å². The smallest absolute Gasteiger partial charge is 0.277 e. The number of anilines is 2. The van der Waals surface area contributed by atoms with E-state index < -0.39 is 5.91 Å². The largest absolute Gasteiger partial charge is 0.370 e. The Labute approximate surface area is 121 Å². The van der Waals surface area contributed by atoms with E-state index in [9.17, 15) is 4.79 Å². The molecule has 0 saturated carbocycles. The standard InChI is InChI=1S/C13H15ClN4O2/c1-3-6-15-10-5-4-9(14)12(16-10)13(19)17-11-7-8(2)20-18-11/h4-5,7H,3,6H2,1-2H3,(H,15,16)(H,17,18,19). The number of nitrogens with one attached hydrogen (secondary N) is 2. The molecule has 2 heterocycles. The van der Waals surface area contributed by atoms with E-state index in [1.54, 1.807) is 25.1 Å². The van der Waals surface area contributed by atoms with Gasteiger partial charge in [0, 0.05) is 12.6 Å². The van der Waals surface area contributed by atoms with Crippen molar-refractivity contribution in [1.29, 1.82) is 0 Å². The Balaban J connectivity index is 2.15.